The number of hydrogen-bond acceptors (Lipinski definition) is 3. The van der Waals surface area contributed by atoms with Crippen LogP contribution in [0, 0.1) is 5.41 Å². The van der Waals surface area contributed by atoms with Crippen molar-refractivity contribution in [2.45, 2.75) is 39.2 Å². The minimum Gasteiger partial charge on any atom is -0.481 e. The van der Waals surface area contributed by atoms with Gasteiger partial charge in [0.1, 0.15) is 0 Å². The highest BCUT2D eigenvalue weighted by Gasteiger charge is 2.44. The van der Waals surface area contributed by atoms with Gasteiger partial charge in [0.25, 0.3) is 0 Å². The maximum absolute atomic E-state index is 12.1. The zero-order valence-electron chi connectivity index (χ0n) is 11.9. The Hall–Kier alpha value is -1.30. The number of likely N-dealkylation sites (N-methyl/N-ethyl adjacent to an activating group) is 1. The second-order valence-electron chi connectivity index (χ2n) is 5.19. The average molecular weight is 272 g/mol. The molecule has 6 nitrogen and oxygen atoms in total. The van der Waals surface area contributed by atoms with Gasteiger partial charge in [-0.2, -0.15) is 0 Å². The lowest BCUT2D eigenvalue weighted by molar-refractivity contribution is -0.153. The summed E-state index contributed by atoms with van der Waals surface area (Å²) in [5.74, 6) is -0.813. The van der Waals surface area contributed by atoms with Crippen LogP contribution in [-0.4, -0.2) is 54.9 Å². The van der Waals surface area contributed by atoms with Crippen LogP contribution in [0.1, 0.15) is 33.1 Å². The van der Waals surface area contributed by atoms with Crippen molar-refractivity contribution < 1.29 is 19.4 Å². The fourth-order valence-corrected chi connectivity index (χ4v) is 2.40. The van der Waals surface area contributed by atoms with Crippen molar-refractivity contribution in [3.05, 3.63) is 0 Å². The maximum Gasteiger partial charge on any atom is 0.317 e. The van der Waals surface area contributed by atoms with Crippen LogP contribution in [0.5, 0.6) is 0 Å². The number of ether oxygens (including phenoxy) is 1. The lowest BCUT2D eigenvalue weighted by atomic mass is 9.69. The van der Waals surface area contributed by atoms with Gasteiger partial charge in [-0.15, -0.1) is 0 Å². The quantitative estimate of drug-likeness (QED) is 0.732. The Kier molecular flexibility index (Phi) is 5.60. The molecule has 1 atom stereocenters. The van der Waals surface area contributed by atoms with Crippen LogP contribution in [0.4, 0.5) is 4.79 Å². The number of carboxylic acids is 1. The van der Waals surface area contributed by atoms with Crippen molar-refractivity contribution in [3.8, 4) is 0 Å². The Morgan fingerprint density at radius 2 is 2.11 bits per heavy atom. The van der Waals surface area contributed by atoms with Gasteiger partial charge in [0, 0.05) is 20.2 Å². The molecule has 0 saturated heterocycles. The Bertz CT molecular complexity index is 329. The van der Waals surface area contributed by atoms with Gasteiger partial charge in [0.15, 0.2) is 0 Å². The van der Waals surface area contributed by atoms with Crippen LogP contribution in [0.2, 0.25) is 0 Å². The van der Waals surface area contributed by atoms with Gasteiger partial charge in [0.05, 0.1) is 18.1 Å². The molecule has 19 heavy (non-hydrogen) atoms. The number of hydrogen-bond donors (Lipinski definition) is 2. The monoisotopic (exact) mass is 272 g/mol. The van der Waals surface area contributed by atoms with E-state index in [1.807, 2.05) is 13.8 Å². The van der Waals surface area contributed by atoms with E-state index < -0.39 is 11.4 Å². The summed E-state index contributed by atoms with van der Waals surface area (Å²) >= 11 is 0. The fraction of sp³-hybridized carbons (Fsp3) is 0.846. The summed E-state index contributed by atoms with van der Waals surface area (Å²) in [5, 5.41) is 11.9. The molecule has 0 aromatic rings. The first-order valence-electron chi connectivity index (χ1n) is 6.73. The van der Waals surface area contributed by atoms with E-state index in [4.69, 9.17) is 4.74 Å². The number of rotatable bonds is 7. The van der Waals surface area contributed by atoms with E-state index in [0.717, 1.165) is 6.42 Å². The minimum absolute atomic E-state index is 0.0304. The highest BCUT2D eigenvalue weighted by atomic mass is 16.5. The van der Waals surface area contributed by atoms with Crippen molar-refractivity contribution >= 4 is 12.0 Å². The third-order valence-corrected chi connectivity index (χ3v) is 3.88. The lowest BCUT2D eigenvalue weighted by Crippen LogP contribution is -2.52. The molecule has 1 fully saturated rings. The van der Waals surface area contributed by atoms with E-state index in [0.29, 0.717) is 26.0 Å². The molecule has 0 aliphatic heterocycles. The van der Waals surface area contributed by atoms with Gasteiger partial charge in [-0.05, 0) is 26.7 Å². The van der Waals surface area contributed by atoms with Crippen LogP contribution in [0.3, 0.4) is 0 Å². The van der Waals surface area contributed by atoms with Crippen molar-refractivity contribution in [1.29, 1.82) is 0 Å². The molecule has 0 spiro atoms. The zero-order chi connectivity index (χ0) is 14.5. The second kappa shape index (κ2) is 6.75. The topological polar surface area (TPSA) is 78.9 Å². The predicted molar refractivity (Wildman–Crippen MR) is 71.0 cm³/mol. The number of amides is 2. The maximum atomic E-state index is 12.1. The van der Waals surface area contributed by atoms with Crippen molar-refractivity contribution in [2.24, 2.45) is 5.41 Å². The molecule has 2 amide bonds. The van der Waals surface area contributed by atoms with E-state index in [1.54, 1.807) is 12.0 Å². The first kappa shape index (κ1) is 15.8. The SMILES string of the molecule is CCN(C(=O)NCC1(C(=O)O)CCC1)C(C)COC. The molecule has 1 rings (SSSR count). The second-order valence-corrected chi connectivity index (χ2v) is 5.19. The fourth-order valence-electron chi connectivity index (χ4n) is 2.40. The highest BCUT2D eigenvalue weighted by Crippen LogP contribution is 2.40. The molecule has 0 heterocycles. The van der Waals surface area contributed by atoms with Gasteiger partial charge in [-0.25, -0.2) is 4.79 Å². The smallest absolute Gasteiger partial charge is 0.317 e. The predicted octanol–water partition coefficient (Wildman–Crippen LogP) is 1.31. The summed E-state index contributed by atoms with van der Waals surface area (Å²) in [5.41, 5.74) is -0.750. The number of methoxy groups -OCH3 is 1. The molecule has 110 valence electrons. The largest absolute Gasteiger partial charge is 0.481 e. The summed E-state index contributed by atoms with van der Waals surface area (Å²) in [6.07, 6.45) is 2.20. The van der Waals surface area contributed by atoms with Crippen molar-refractivity contribution in [2.75, 3.05) is 26.8 Å². The number of nitrogens with one attached hydrogen (secondary N) is 1. The molecule has 1 aliphatic rings. The lowest BCUT2D eigenvalue weighted by Gasteiger charge is -2.38. The van der Waals surface area contributed by atoms with E-state index in [-0.39, 0.29) is 18.6 Å². The number of nitrogens with zero attached hydrogens (tertiary/aromatic N) is 1. The number of carboxylic acid groups (broad SMARTS) is 1. The number of carbonyl (C=O) groups excluding carboxylic acids is 1. The van der Waals surface area contributed by atoms with Crippen molar-refractivity contribution in [1.82, 2.24) is 10.2 Å². The molecule has 6 heteroatoms. The van der Waals surface area contributed by atoms with Gasteiger partial charge in [-0.1, -0.05) is 6.42 Å². The number of urea groups is 1. The molecule has 1 aliphatic carbocycles. The number of aliphatic carboxylic acids is 1. The van der Waals surface area contributed by atoms with Gasteiger partial charge in [0.2, 0.25) is 0 Å². The molecule has 0 aromatic carbocycles. The molecule has 1 saturated carbocycles. The van der Waals surface area contributed by atoms with E-state index in [1.165, 1.54) is 0 Å². The van der Waals surface area contributed by atoms with Gasteiger partial charge in [-0.3, -0.25) is 4.79 Å². The molecule has 0 radical (unpaired) electrons. The van der Waals surface area contributed by atoms with Crippen molar-refractivity contribution in [3.63, 3.8) is 0 Å². The Morgan fingerprint density at radius 3 is 2.47 bits per heavy atom. The zero-order valence-corrected chi connectivity index (χ0v) is 11.9. The van der Waals surface area contributed by atoms with E-state index in [2.05, 4.69) is 5.32 Å². The standard InChI is InChI=1S/C13H24N2O4/c1-4-15(10(2)8-19-3)12(18)14-9-13(11(16)17)6-5-7-13/h10H,4-9H2,1-3H3,(H,14,18)(H,16,17). The molecular weight excluding hydrogens is 248 g/mol. The summed E-state index contributed by atoms with van der Waals surface area (Å²) in [6, 6.07) is -0.253. The summed E-state index contributed by atoms with van der Waals surface area (Å²) in [6.45, 7) is 5.03. The normalized spacial score (nSPS) is 18.3. The Morgan fingerprint density at radius 1 is 1.47 bits per heavy atom. The molecule has 0 aromatic heterocycles. The summed E-state index contributed by atoms with van der Waals surface area (Å²) < 4.78 is 5.04. The Labute approximate surface area is 114 Å². The van der Waals surface area contributed by atoms with Crippen LogP contribution >= 0.6 is 0 Å². The van der Waals surface area contributed by atoms with Crippen LogP contribution < -0.4 is 5.32 Å². The molecular formula is C13H24N2O4. The number of carbonyl (C=O) groups is 2. The first-order valence-corrected chi connectivity index (χ1v) is 6.73. The van der Waals surface area contributed by atoms with Crippen LogP contribution in [0.15, 0.2) is 0 Å². The molecule has 2 N–H and O–H groups in total. The van der Waals surface area contributed by atoms with Crippen LogP contribution in [0.25, 0.3) is 0 Å². The van der Waals surface area contributed by atoms with Crippen LogP contribution in [-0.2, 0) is 9.53 Å². The molecule has 1 unspecified atom stereocenters. The third-order valence-electron chi connectivity index (χ3n) is 3.88. The minimum atomic E-state index is -0.813. The average Bonchev–Trinajstić information content (AvgIpc) is 2.28. The Balaban J connectivity index is 2.51. The molecule has 0 bridgehead atoms. The first-order chi connectivity index (χ1) is 8.96. The summed E-state index contributed by atoms with van der Waals surface area (Å²) in [4.78, 5) is 24.9. The van der Waals surface area contributed by atoms with E-state index >= 15 is 0 Å². The van der Waals surface area contributed by atoms with E-state index in [9.17, 15) is 14.7 Å². The van der Waals surface area contributed by atoms with Gasteiger partial charge >= 0.3 is 12.0 Å². The highest BCUT2D eigenvalue weighted by molar-refractivity contribution is 5.79. The third kappa shape index (κ3) is 3.59. The van der Waals surface area contributed by atoms with Gasteiger partial charge < -0.3 is 20.1 Å². The summed E-state index contributed by atoms with van der Waals surface area (Å²) in [7, 11) is 1.59.